The molecule has 10 heteroatoms. The maximum atomic E-state index is 13.0. The van der Waals surface area contributed by atoms with Crippen molar-refractivity contribution in [3.05, 3.63) is 53.0 Å². The molecule has 2 aliphatic rings. The van der Waals surface area contributed by atoms with Gasteiger partial charge in [-0.25, -0.2) is 9.97 Å². The lowest BCUT2D eigenvalue weighted by atomic mass is 9.86. The van der Waals surface area contributed by atoms with E-state index in [4.69, 9.17) is 11.1 Å². The van der Waals surface area contributed by atoms with Crippen molar-refractivity contribution in [2.45, 2.75) is 58.4 Å². The number of benzene rings is 1. The molecule has 0 saturated carbocycles. The summed E-state index contributed by atoms with van der Waals surface area (Å²) in [7, 11) is 0. The number of allylic oxidation sites excluding steroid dienone is 1. The number of hydrogen-bond acceptors (Lipinski definition) is 7. The fourth-order valence-corrected chi connectivity index (χ4v) is 4.53. The summed E-state index contributed by atoms with van der Waals surface area (Å²) in [6, 6.07) is 5.25. The number of anilines is 3. The van der Waals surface area contributed by atoms with Gasteiger partial charge in [-0.1, -0.05) is 26.0 Å². The van der Waals surface area contributed by atoms with Gasteiger partial charge in [-0.2, -0.15) is 13.2 Å². The van der Waals surface area contributed by atoms with Crippen molar-refractivity contribution < 1.29 is 13.2 Å². The summed E-state index contributed by atoms with van der Waals surface area (Å²) in [5.41, 5.74) is 9.21. The molecular formula is C24H30F3N7. The summed E-state index contributed by atoms with van der Waals surface area (Å²) < 4.78 is 39.0. The number of halogens is 3. The summed E-state index contributed by atoms with van der Waals surface area (Å²) >= 11 is 0. The smallest absolute Gasteiger partial charge is 0.402 e. The number of aromatic nitrogens is 2. The number of fused-ring (bicyclic) bond motifs is 1. The van der Waals surface area contributed by atoms with Crippen molar-refractivity contribution in [2.24, 2.45) is 11.7 Å². The lowest BCUT2D eigenvalue weighted by Gasteiger charge is -2.28. The first kappa shape index (κ1) is 23.8. The zero-order valence-electron chi connectivity index (χ0n) is 19.5. The topological polar surface area (TPSA) is 103 Å². The molecule has 4 rings (SSSR count). The number of alkyl halides is 3. The van der Waals surface area contributed by atoms with Crippen LogP contribution in [-0.4, -0.2) is 28.3 Å². The van der Waals surface area contributed by atoms with E-state index in [2.05, 4.69) is 20.6 Å². The van der Waals surface area contributed by atoms with E-state index in [1.807, 2.05) is 25.7 Å². The van der Waals surface area contributed by atoms with Crippen LogP contribution in [0.15, 0.2) is 41.9 Å². The predicted octanol–water partition coefficient (Wildman–Crippen LogP) is 5.30. The van der Waals surface area contributed by atoms with Crippen LogP contribution in [0.1, 0.15) is 57.3 Å². The number of nitrogens with two attached hydrogens (primary N) is 1. The van der Waals surface area contributed by atoms with Crippen molar-refractivity contribution in [3.8, 4) is 0 Å². The average molecular weight is 474 g/mol. The molecule has 0 radical (unpaired) electrons. The fraction of sp³-hybridized carbons (Fsp3) is 0.458. The summed E-state index contributed by atoms with van der Waals surface area (Å²) in [5, 5.41) is 15.3. The predicted molar refractivity (Wildman–Crippen MR) is 128 cm³/mol. The Balaban J connectivity index is 1.57. The fourth-order valence-electron chi connectivity index (χ4n) is 4.53. The second-order valence-electron chi connectivity index (χ2n) is 9.03. The Hall–Kier alpha value is -3.30. The van der Waals surface area contributed by atoms with Crippen LogP contribution in [-0.2, 0) is 6.18 Å². The van der Waals surface area contributed by atoms with Crippen LogP contribution >= 0.6 is 0 Å². The molecule has 2 heterocycles. The van der Waals surface area contributed by atoms with Gasteiger partial charge < -0.3 is 26.7 Å². The molecule has 1 aliphatic carbocycles. The molecule has 2 unspecified atom stereocenters. The van der Waals surface area contributed by atoms with Gasteiger partial charge in [-0.15, -0.1) is 0 Å². The van der Waals surface area contributed by atoms with E-state index >= 15 is 0 Å². The highest BCUT2D eigenvalue weighted by Gasteiger charge is 2.35. The third-order valence-electron chi connectivity index (χ3n) is 6.43. The van der Waals surface area contributed by atoms with E-state index in [9.17, 15) is 13.2 Å². The molecule has 7 nitrogen and oxygen atoms in total. The molecule has 2 atom stereocenters. The van der Waals surface area contributed by atoms with E-state index < -0.39 is 11.7 Å². The van der Waals surface area contributed by atoms with E-state index in [0.717, 1.165) is 35.5 Å². The molecule has 0 bridgehead atoms. The lowest BCUT2D eigenvalue weighted by Crippen LogP contribution is -2.30. The minimum Gasteiger partial charge on any atom is -0.402 e. The molecule has 0 fully saturated rings. The van der Waals surface area contributed by atoms with E-state index in [1.165, 1.54) is 18.5 Å². The van der Waals surface area contributed by atoms with Gasteiger partial charge in [0.2, 0.25) is 0 Å². The molecule has 1 aromatic heterocycles. The van der Waals surface area contributed by atoms with Crippen LogP contribution in [0.4, 0.5) is 30.5 Å². The van der Waals surface area contributed by atoms with Gasteiger partial charge in [-0.3, -0.25) is 0 Å². The van der Waals surface area contributed by atoms with Gasteiger partial charge in [0, 0.05) is 24.0 Å². The minimum absolute atomic E-state index is 0.0578. The number of hydrogen-bond donors (Lipinski definition) is 4. The molecule has 0 amide bonds. The van der Waals surface area contributed by atoms with E-state index in [-0.39, 0.29) is 18.1 Å². The van der Waals surface area contributed by atoms with Crippen molar-refractivity contribution in [1.29, 1.82) is 5.41 Å². The Kier molecular flexibility index (Phi) is 6.42. The summed E-state index contributed by atoms with van der Waals surface area (Å²) in [6.07, 6.45) is -1.07. The SMILES string of the molecule is CCN1c2ncnc(NC3CCC(N)=C(C(=N)C(C)C)C3)c2NC1c1ccc(C(F)(F)F)cc1. The zero-order valence-corrected chi connectivity index (χ0v) is 19.5. The van der Waals surface area contributed by atoms with Crippen LogP contribution in [0.25, 0.3) is 0 Å². The van der Waals surface area contributed by atoms with Crippen LogP contribution in [0.5, 0.6) is 0 Å². The first-order chi connectivity index (χ1) is 16.1. The van der Waals surface area contributed by atoms with Crippen LogP contribution in [0, 0.1) is 11.3 Å². The Morgan fingerprint density at radius 3 is 2.59 bits per heavy atom. The quantitative estimate of drug-likeness (QED) is 0.425. The monoisotopic (exact) mass is 473 g/mol. The first-order valence-corrected chi connectivity index (χ1v) is 11.5. The molecule has 34 heavy (non-hydrogen) atoms. The molecule has 2 aromatic rings. The highest BCUT2D eigenvalue weighted by Crippen LogP contribution is 2.43. The van der Waals surface area contributed by atoms with Crippen LogP contribution < -0.4 is 21.3 Å². The largest absolute Gasteiger partial charge is 0.416 e. The van der Waals surface area contributed by atoms with Gasteiger partial charge >= 0.3 is 6.18 Å². The third kappa shape index (κ3) is 4.53. The normalized spacial score (nSPS) is 20.4. The zero-order chi connectivity index (χ0) is 24.6. The standard InChI is InChI=1S/C24H30F3N7/c1-4-34-22(14-5-7-15(8-6-14)24(25,26)27)33-20-21(30-12-31-23(20)34)32-16-9-10-18(28)17(11-16)19(29)13(2)3/h5-8,12-13,16,22,29,33H,4,9-11,28H2,1-3H3,(H,30,31,32). The molecule has 0 spiro atoms. The maximum absolute atomic E-state index is 13.0. The molecular weight excluding hydrogens is 443 g/mol. The number of nitrogens with one attached hydrogen (secondary N) is 3. The second-order valence-corrected chi connectivity index (χ2v) is 9.03. The average Bonchev–Trinajstić information content (AvgIpc) is 3.19. The molecule has 1 aliphatic heterocycles. The third-order valence-corrected chi connectivity index (χ3v) is 6.43. The molecule has 0 saturated heterocycles. The van der Waals surface area contributed by atoms with E-state index in [0.29, 0.717) is 42.3 Å². The number of rotatable bonds is 6. The van der Waals surface area contributed by atoms with Gasteiger partial charge in [0.15, 0.2) is 11.6 Å². The van der Waals surface area contributed by atoms with E-state index in [1.54, 1.807) is 0 Å². The number of nitrogens with zero attached hydrogens (tertiary/aromatic N) is 3. The first-order valence-electron chi connectivity index (χ1n) is 11.5. The maximum Gasteiger partial charge on any atom is 0.416 e. The summed E-state index contributed by atoms with van der Waals surface area (Å²) in [4.78, 5) is 10.9. The molecule has 5 N–H and O–H groups in total. The van der Waals surface area contributed by atoms with Crippen molar-refractivity contribution in [3.63, 3.8) is 0 Å². The minimum atomic E-state index is -4.37. The van der Waals surface area contributed by atoms with Gasteiger partial charge in [0.05, 0.1) is 5.56 Å². The van der Waals surface area contributed by atoms with Gasteiger partial charge in [0.1, 0.15) is 18.2 Å². The Bertz CT molecular complexity index is 1090. The lowest BCUT2D eigenvalue weighted by molar-refractivity contribution is -0.137. The Morgan fingerprint density at radius 1 is 1.26 bits per heavy atom. The summed E-state index contributed by atoms with van der Waals surface area (Å²) in [5.74, 6) is 1.43. The van der Waals surface area contributed by atoms with Crippen LogP contribution in [0.3, 0.4) is 0 Å². The van der Waals surface area contributed by atoms with Gasteiger partial charge in [-0.05, 0) is 55.4 Å². The van der Waals surface area contributed by atoms with Crippen LogP contribution in [0.2, 0.25) is 0 Å². The van der Waals surface area contributed by atoms with Gasteiger partial charge in [0.25, 0.3) is 0 Å². The highest BCUT2D eigenvalue weighted by molar-refractivity contribution is 6.00. The van der Waals surface area contributed by atoms with Crippen molar-refractivity contribution >= 4 is 23.0 Å². The molecule has 182 valence electrons. The molecule has 1 aromatic carbocycles. The Morgan fingerprint density at radius 2 is 1.97 bits per heavy atom. The van der Waals surface area contributed by atoms with Crippen molar-refractivity contribution in [2.75, 3.05) is 22.1 Å². The Labute approximate surface area is 197 Å². The summed E-state index contributed by atoms with van der Waals surface area (Å²) in [6.45, 7) is 6.56. The second kappa shape index (κ2) is 9.15. The van der Waals surface area contributed by atoms with Crippen molar-refractivity contribution in [1.82, 2.24) is 9.97 Å². The highest BCUT2D eigenvalue weighted by atomic mass is 19.4.